The molecule has 1 unspecified atom stereocenters. The highest BCUT2D eigenvalue weighted by atomic mass is 16.5. The molecule has 1 aliphatic rings. The lowest BCUT2D eigenvalue weighted by Crippen LogP contribution is -2.36. The Bertz CT molecular complexity index is 547. The molecule has 1 aromatic rings. The van der Waals surface area contributed by atoms with Gasteiger partial charge in [0.2, 0.25) is 0 Å². The van der Waals surface area contributed by atoms with E-state index in [-0.39, 0.29) is 11.5 Å². The van der Waals surface area contributed by atoms with E-state index in [1.54, 1.807) is 0 Å². The van der Waals surface area contributed by atoms with Crippen molar-refractivity contribution in [1.29, 1.82) is 0 Å². The lowest BCUT2D eigenvalue weighted by atomic mass is 9.86. The Morgan fingerprint density at radius 3 is 2.57 bits per heavy atom. The number of carbonyl (C=O) groups is 2. The number of hydrogen-bond donors (Lipinski definition) is 1. The number of amides is 1. The van der Waals surface area contributed by atoms with Gasteiger partial charge >= 0.3 is 11.9 Å². The first-order valence-corrected chi connectivity index (χ1v) is 7.07. The van der Waals surface area contributed by atoms with E-state index in [9.17, 15) is 9.59 Å². The number of rotatable bonds is 2. The third-order valence-electron chi connectivity index (χ3n) is 3.60. The zero-order valence-corrected chi connectivity index (χ0v) is 12.6. The Hall–Kier alpha value is -2.04. The average molecular weight is 291 g/mol. The fraction of sp³-hybridized carbons (Fsp3) is 0.500. The highest BCUT2D eigenvalue weighted by Crippen LogP contribution is 2.32. The smallest absolute Gasteiger partial charge is 0.394 e. The van der Waals surface area contributed by atoms with Crippen LogP contribution in [0, 0.1) is 0 Å². The minimum atomic E-state index is -1.41. The molecule has 0 spiro atoms. The van der Waals surface area contributed by atoms with E-state index in [0.717, 1.165) is 11.3 Å². The largest absolute Gasteiger partial charge is 0.488 e. The summed E-state index contributed by atoms with van der Waals surface area (Å²) < 4.78 is 6.01. The normalized spacial score (nSPS) is 18.6. The quantitative estimate of drug-likeness (QED) is 0.847. The fourth-order valence-electron chi connectivity index (χ4n) is 2.51. The molecule has 21 heavy (non-hydrogen) atoms. The van der Waals surface area contributed by atoms with Gasteiger partial charge in [0, 0.05) is 13.0 Å². The number of ether oxygens (including phenoxy) is 1. The number of nitrogens with zero attached hydrogens (tertiary/aromatic N) is 1. The predicted octanol–water partition coefficient (Wildman–Crippen LogP) is 2.05. The molecule has 2 rings (SSSR count). The summed E-state index contributed by atoms with van der Waals surface area (Å²) in [5.41, 5.74) is 1.07. The van der Waals surface area contributed by atoms with Gasteiger partial charge in [-0.3, -0.25) is 4.79 Å². The maximum Gasteiger partial charge on any atom is 0.394 e. The van der Waals surface area contributed by atoms with Crippen molar-refractivity contribution < 1.29 is 19.4 Å². The average Bonchev–Trinajstić information content (AvgIpc) is 2.85. The third-order valence-corrected chi connectivity index (χ3v) is 3.60. The molecule has 0 radical (unpaired) electrons. The number of likely N-dealkylation sites (tertiary alicyclic amines) is 1. The Kier molecular flexibility index (Phi) is 4.21. The van der Waals surface area contributed by atoms with E-state index in [0.29, 0.717) is 19.5 Å². The van der Waals surface area contributed by atoms with Gasteiger partial charge in [-0.25, -0.2) is 4.79 Å². The molecule has 5 heteroatoms. The van der Waals surface area contributed by atoms with Crippen molar-refractivity contribution >= 4 is 11.9 Å². The lowest BCUT2D eigenvalue weighted by Gasteiger charge is -2.24. The molecule has 1 aromatic carbocycles. The van der Waals surface area contributed by atoms with Crippen molar-refractivity contribution in [2.75, 3.05) is 13.1 Å². The van der Waals surface area contributed by atoms with Gasteiger partial charge in [-0.15, -0.1) is 0 Å². The molecule has 1 aliphatic heterocycles. The molecule has 114 valence electrons. The number of carboxylic acid groups (broad SMARTS) is 1. The molecular weight excluding hydrogens is 270 g/mol. The van der Waals surface area contributed by atoms with Gasteiger partial charge in [-0.05, 0) is 17.0 Å². The number of hydrogen-bond acceptors (Lipinski definition) is 3. The minimum Gasteiger partial charge on any atom is -0.488 e. The highest BCUT2D eigenvalue weighted by Gasteiger charge is 2.31. The first-order chi connectivity index (χ1) is 9.79. The van der Waals surface area contributed by atoms with Gasteiger partial charge in [0.05, 0.1) is 6.54 Å². The molecule has 0 bridgehead atoms. The van der Waals surface area contributed by atoms with Gasteiger partial charge < -0.3 is 14.7 Å². The number of carboxylic acids is 1. The van der Waals surface area contributed by atoms with E-state index in [4.69, 9.17) is 9.84 Å². The molecular formula is C16H21NO4. The van der Waals surface area contributed by atoms with Crippen LogP contribution in [0.25, 0.3) is 0 Å². The number of aliphatic carboxylic acids is 1. The summed E-state index contributed by atoms with van der Waals surface area (Å²) in [4.78, 5) is 23.5. The molecule has 5 nitrogen and oxygen atoms in total. The number of carbonyl (C=O) groups excluding carboxylic acids is 1. The summed E-state index contributed by atoms with van der Waals surface area (Å²) in [5.74, 6) is -1.46. The molecule has 1 saturated heterocycles. The Morgan fingerprint density at radius 1 is 1.29 bits per heavy atom. The first-order valence-electron chi connectivity index (χ1n) is 7.07. The van der Waals surface area contributed by atoms with E-state index in [1.165, 1.54) is 4.90 Å². The Balaban J connectivity index is 2.08. The van der Waals surface area contributed by atoms with Gasteiger partial charge in [0.1, 0.15) is 11.9 Å². The summed E-state index contributed by atoms with van der Waals surface area (Å²) in [6, 6.07) is 7.84. The van der Waals surface area contributed by atoms with Crippen LogP contribution in [0.2, 0.25) is 0 Å². The summed E-state index contributed by atoms with van der Waals surface area (Å²) in [6.45, 7) is 7.09. The van der Waals surface area contributed by atoms with Crippen LogP contribution in [0.1, 0.15) is 32.8 Å². The third kappa shape index (κ3) is 3.54. The van der Waals surface area contributed by atoms with Crippen LogP contribution >= 0.6 is 0 Å². The highest BCUT2D eigenvalue weighted by molar-refractivity contribution is 6.31. The topological polar surface area (TPSA) is 66.8 Å². The second-order valence-corrected chi connectivity index (χ2v) is 6.33. The second-order valence-electron chi connectivity index (χ2n) is 6.33. The Morgan fingerprint density at radius 2 is 1.95 bits per heavy atom. The monoisotopic (exact) mass is 291 g/mol. The lowest BCUT2D eigenvalue weighted by molar-refractivity contribution is -0.155. The van der Waals surface area contributed by atoms with Gasteiger partial charge in [0.25, 0.3) is 0 Å². The SMILES string of the molecule is CC(C)(C)c1ccccc1OC1CCN(C(=O)C(=O)O)C1. The van der Waals surface area contributed by atoms with E-state index < -0.39 is 11.9 Å². The molecule has 0 saturated carbocycles. The van der Waals surface area contributed by atoms with Crippen LogP contribution in [0.15, 0.2) is 24.3 Å². The maximum absolute atomic E-state index is 11.4. The maximum atomic E-state index is 11.4. The van der Waals surface area contributed by atoms with Crippen molar-refractivity contribution in [3.8, 4) is 5.75 Å². The van der Waals surface area contributed by atoms with Gasteiger partial charge in [0.15, 0.2) is 0 Å². The van der Waals surface area contributed by atoms with Gasteiger partial charge in [-0.1, -0.05) is 39.0 Å². The summed E-state index contributed by atoms with van der Waals surface area (Å²) in [7, 11) is 0. The molecule has 1 fully saturated rings. The fourth-order valence-corrected chi connectivity index (χ4v) is 2.51. The molecule has 1 heterocycles. The molecule has 1 amide bonds. The summed E-state index contributed by atoms with van der Waals surface area (Å²) >= 11 is 0. The molecule has 0 aliphatic carbocycles. The minimum absolute atomic E-state index is 0.0359. The summed E-state index contributed by atoms with van der Waals surface area (Å²) in [5, 5.41) is 8.74. The van der Waals surface area contributed by atoms with Crippen molar-refractivity contribution in [3.05, 3.63) is 29.8 Å². The van der Waals surface area contributed by atoms with Crippen molar-refractivity contribution in [3.63, 3.8) is 0 Å². The predicted molar refractivity (Wildman–Crippen MR) is 78.4 cm³/mol. The second kappa shape index (κ2) is 5.76. The standard InChI is InChI=1S/C16H21NO4/c1-16(2,3)12-6-4-5-7-13(12)21-11-8-9-17(10-11)14(18)15(19)20/h4-7,11H,8-10H2,1-3H3,(H,19,20). The zero-order valence-electron chi connectivity index (χ0n) is 12.6. The first kappa shape index (κ1) is 15.4. The van der Waals surface area contributed by atoms with Crippen LogP contribution in [-0.4, -0.2) is 41.1 Å². The molecule has 1 atom stereocenters. The van der Waals surface area contributed by atoms with E-state index in [1.807, 2.05) is 24.3 Å². The van der Waals surface area contributed by atoms with Crippen LogP contribution in [0.4, 0.5) is 0 Å². The van der Waals surface area contributed by atoms with E-state index >= 15 is 0 Å². The van der Waals surface area contributed by atoms with Crippen molar-refractivity contribution in [1.82, 2.24) is 4.90 Å². The zero-order chi connectivity index (χ0) is 15.6. The van der Waals surface area contributed by atoms with Crippen LogP contribution in [0.3, 0.4) is 0 Å². The van der Waals surface area contributed by atoms with Crippen molar-refractivity contribution in [2.45, 2.75) is 38.7 Å². The van der Waals surface area contributed by atoms with Crippen LogP contribution < -0.4 is 4.74 Å². The van der Waals surface area contributed by atoms with Crippen LogP contribution in [0.5, 0.6) is 5.75 Å². The van der Waals surface area contributed by atoms with Crippen LogP contribution in [-0.2, 0) is 15.0 Å². The summed E-state index contributed by atoms with van der Waals surface area (Å²) in [6.07, 6.45) is 0.495. The van der Waals surface area contributed by atoms with Crippen molar-refractivity contribution in [2.24, 2.45) is 0 Å². The number of benzene rings is 1. The van der Waals surface area contributed by atoms with E-state index in [2.05, 4.69) is 20.8 Å². The van der Waals surface area contributed by atoms with Gasteiger partial charge in [-0.2, -0.15) is 0 Å². The number of para-hydroxylation sites is 1. The molecule has 1 N–H and O–H groups in total. The molecule has 0 aromatic heterocycles. The Labute approximate surface area is 124 Å².